The highest BCUT2D eigenvalue weighted by molar-refractivity contribution is 9.11. The Morgan fingerprint density at radius 2 is 2.25 bits per heavy atom. The molecule has 1 aliphatic rings. The molecule has 3 rings (SSSR count). The van der Waals surface area contributed by atoms with E-state index in [9.17, 15) is 0 Å². The summed E-state index contributed by atoms with van der Waals surface area (Å²) in [4.78, 5) is 1.49. The number of hydrogen-bond acceptors (Lipinski definition) is 3. The zero-order valence-corrected chi connectivity index (χ0v) is 14.2. The number of fused-ring (bicyclic) bond motifs is 1. The number of thiophene rings is 1. The first kappa shape index (κ1) is 14.2. The highest BCUT2D eigenvalue weighted by Gasteiger charge is 2.22. The zero-order valence-electron chi connectivity index (χ0n) is 11.1. The van der Waals surface area contributed by atoms with Crippen LogP contribution >= 0.6 is 38.9 Å². The van der Waals surface area contributed by atoms with Gasteiger partial charge in [0.2, 0.25) is 0 Å². The van der Waals surface area contributed by atoms with Gasteiger partial charge in [-0.15, -0.1) is 11.3 Å². The van der Waals surface area contributed by atoms with Gasteiger partial charge in [-0.05, 0) is 65.0 Å². The molecule has 0 aliphatic heterocycles. The summed E-state index contributed by atoms with van der Waals surface area (Å²) in [7, 11) is 1.63. The van der Waals surface area contributed by atoms with Gasteiger partial charge < -0.3 is 10.1 Å². The minimum absolute atomic E-state index is 0.366. The quantitative estimate of drug-likeness (QED) is 0.750. The van der Waals surface area contributed by atoms with Gasteiger partial charge in [0.25, 0.3) is 0 Å². The number of benzene rings is 1. The van der Waals surface area contributed by atoms with Crippen molar-refractivity contribution in [2.24, 2.45) is 0 Å². The highest BCUT2D eigenvalue weighted by Crippen LogP contribution is 2.40. The van der Waals surface area contributed by atoms with Gasteiger partial charge in [-0.3, -0.25) is 0 Å². The molecule has 1 N–H and O–H groups in total. The van der Waals surface area contributed by atoms with Crippen molar-refractivity contribution in [3.63, 3.8) is 0 Å². The summed E-state index contributed by atoms with van der Waals surface area (Å²) in [5, 5.41) is 4.23. The van der Waals surface area contributed by atoms with Crippen molar-refractivity contribution in [2.75, 3.05) is 12.4 Å². The summed E-state index contributed by atoms with van der Waals surface area (Å²) in [6.45, 7) is 0. The van der Waals surface area contributed by atoms with Gasteiger partial charge in [0.05, 0.1) is 22.0 Å². The Morgan fingerprint density at radius 3 is 3.00 bits per heavy atom. The second-order valence-electron chi connectivity index (χ2n) is 4.87. The lowest BCUT2D eigenvalue weighted by molar-refractivity contribution is 0.415. The Morgan fingerprint density at radius 1 is 1.40 bits per heavy atom. The average Bonchev–Trinajstić information content (AvgIpc) is 2.80. The van der Waals surface area contributed by atoms with Crippen LogP contribution in [-0.4, -0.2) is 7.11 Å². The minimum Gasteiger partial charge on any atom is -0.495 e. The Balaban J connectivity index is 1.83. The summed E-state index contributed by atoms with van der Waals surface area (Å²) in [5.74, 6) is 0.708. The van der Waals surface area contributed by atoms with Crippen LogP contribution in [-0.2, 0) is 6.42 Å². The third-order valence-corrected chi connectivity index (χ3v) is 5.59. The molecule has 1 aromatic heterocycles. The molecule has 5 heteroatoms. The molecule has 1 aliphatic carbocycles. The molecule has 1 heterocycles. The molecule has 0 saturated heterocycles. The predicted octanol–water partition coefficient (Wildman–Crippen LogP) is 5.66. The lowest BCUT2D eigenvalue weighted by Crippen LogP contribution is -2.15. The molecule has 1 unspecified atom stereocenters. The van der Waals surface area contributed by atoms with Gasteiger partial charge in [-0.2, -0.15) is 0 Å². The van der Waals surface area contributed by atoms with Crippen molar-refractivity contribution < 1.29 is 4.74 Å². The molecule has 1 atom stereocenters. The monoisotopic (exact) mass is 371 g/mol. The van der Waals surface area contributed by atoms with Gasteiger partial charge in [0, 0.05) is 10.6 Å². The lowest BCUT2D eigenvalue weighted by Gasteiger charge is -2.24. The number of ether oxygens (including phenoxy) is 1. The molecule has 0 amide bonds. The van der Waals surface area contributed by atoms with Crippen LogP contribution in [0.5, 0.6) is 5.75 Å². The number of halogens is 2. The van der Waals surface area contributed by atoms with Crippen LogP contribution in [0.2, 0.25) is 5.02 Å². The maximum Gasteiger partial charge on any atom is 0.137 e. The van der Waals surface area contributed by atoms with Gasteiger partial charge in [0.15, 0.2) is 0 Å². The van der Waals surface area contributed by atoms with E-state index in [1.54, 1.807) is 7.11 Å². The first-order valence-electron chi connectivity index (χ1n) is 6.55. The fourth-order valence-corrected chi connectivity index (χ4v) is 4.71. The standard InChI is InChI=1S/C15H15BrClNOS/c1-19-13-6-5-9(7-11(13)17)18-12-3-2-4-14-10(12)8-15(16)20-14/h5-8,12,18H,2-4H2,1H3. The van der Waals surface area contributed by atoms with E-state index in [0.717, 1.165) is 12.1 Å². The van der Waals surface area contributed by atoms with Gasteiger partial charge in [0.1, 0.15) is 5.75 Å². The molecule has 0 spiro atoms. The van der Waals surface area contributed by atoms with Crippen LogP contribution in [0.3, 0.4) is 0 Å². The van der Waals surface area contributed by atoms with Gasteiger partial charge >= 0.3 is 0 Å². The van der Waals surface area contributed by atoms with Crippen molar-refractivity contribution in [1.82, 2.24) is 0 Å². The SMILES string of the molecule is COc1ccc(NC2CCCc3sc(Br)cc32)cc1Cl. The summed E-state index contributed by atoms with van der Waals surface area (Å²) < 4.78 is 6.40. The number of methoxy groups -OCH3 is 1. The maximum atomic E-state index is 6.18. The molecular weight excluding hydrogens is 358 g/mol. The van der Waals surface area contributed by atoms with Crippen LogP contribution in [0.25, 0.3) is 0 Å². The Kier molecular flexibility index (Phi) is 4.24. The van der Waals surface area contributed by atoms with Crippen LogP contribution in [0.4, 0.5) is 5.69 Å². The van der Waals surface area contributed by atoms with Crippen LogP contribution in [0.1, 0.15) is 29.3 Å². The Bertz CT molecular complexity index is 628. The van der Waals surface area contributed by atoms with Crippen molar-refractivity contribution in [1.29, 1.82) is 0 Å². The molecule has 106 valence electrons. The van der Waals surface area contributed by atoms with Crippen LogP contribution in [0, 0.1) is 0 Å². The molecule has 0 bridgehead atoms. The number of rotatable bonds is 3. The molecular formula is C15H15BrClNOS. The van der Waals surface area contributed by atoms with E-state index in [-0.39, 0.29) is 0 Å². The normalized spacial score (nSPS) is 17.6. The first-order chi connectivity index (χ1) is 9.67. The number of hydrogen-bond donors (Lipinski definition) is 1. The summed E-state index contributed by atoms with van der Waals surface area (Å²) in [6, 6.07) is 8.45. The summed E-state index contributed by atoms with van der Waals surface area (Å²) in [6.07, 6.45) is 3.56. The van der Waals surface area contributed by atoms with Crippen molar-refractivity contribution >= 4 is 44.6 Å². The largest absolute Gasteiger partial charge is 0.495 e. The Hall–Kier alpha value is -0.710. The molecule has 0 fully saturated rings. The smallest absolute Gasteiger partial charge is 0.137 e. The van der Waals surface area contributed by atoms with Crippen LogP contribution in [0.15, 0.2) is 28.1 Å². The molecule has 2 nitrogen and oxygen atoms in total. The predicted molar refractivity (Wildman–Crippen MR) is 89.3 cm³/mol. The molecule has 1 aromatic carbocycles. The first-order valence-corrected chi connectivity index (χ1v) is 8.54. The van der Waals surface area contributed by atoms with E-state index in [1.165, 1.54) is 27.1 Å². The van der Waals surface area contributed by atoms with Crippen LogP contribution < -0.4 is 10.1 Å². The van der Waals surface area contributed by atoms with E-state index in [1.807, 2.05) is 29.5 Å². The van der Waals surface area contributed by atoms with Crippen molar-refractivity contribution in [3.05, 3.63) is 43.5 Å². The fraction of sp³-hybridized carbons (Fsp3) is 0.333. The summed E-state index contributed by atoms with van der Waals surface area (Å²) >= 11 is 11.6. The minimum atomic E-state index is 0.366. The van der Waals surface area contributed by atoms with E-state index >= 15 is 0 Å². The second-order valence-corrected chi connectivity index (χ2v) is 7.79. The van der Waals surface area contributed by atoms with E-state index in [2.05, 4.69) is 27.3 Å². The number of nitrogens with one attached hydrogen (secondary N) is 1. The van der Waals surface area contributed by atoms with Gasteiger partial charge in [-0.1, -0.05) is 11.6 Å². The number of anilines is 1. The summed E-state index contributed by atoms with van der Waals surface area (Å²) in [5.41, 5.74) is 2.45. The molecule has 2 aromatic rings. The lowest BCUT2D eigenvalue weighted by atomic mass is 9.94. The third-order valence-electron chi connectivity index (χ3n) is 3.58. The topological polar surface area (TPSA) is 21.3 Å². The maximum absolute atomic E-state index is 6.18. The molecule has 0 radical (unpaired) electrons. The fourth-order valence-electron chi connectivity index (χ4n) is 2.63. The average molecular weight is 373 g/mol. The Labute approximate surface area is 136 Å². The van der Waals surface area contributed by atoms with E-state index < -0.39 is 0 Å². The number of aryl methyl sites for hydroxylation is 1. The highest BCUT2D eigenvalue weighted by atomic mass is 79.9. The molecule has 0 saturated carbocycles. The van der Waals surface area contributed by atoms with Crippen molar-refractivity contribution in [3.8, 4) is 5.75 Å². The third kappa shape index (κ3) is 2.83. The second kappa shape index (κ2) is 5.96. The van der Waals surface area contributed by atoms with E-state index in [0.29, 0.717) is 16.8 Å². The van der Waals surface area contributed by atoms with Gasteiger partial charge in [-0.25, -0.2) is 0 Å². The van der Waals surface area contributed by atoms with E-state index in [4.69, 9.17) is 16.3 Å². The molecule has 20 heavy (non-hydrogen) atoms. The zero-order chi connectivity index (χ0) is 14.1. The van der Waals surface area contributed by atoms with Crippen molar-refractivity contribution in [2.45, 2.75) is 25.3 Å².